The van der Waals surface area contributed by atoms with Crippen LogP contribution in [0, 0.1) is 0 Å². The molecule has 3 nitrogen and oxygen atoms in total. The van der Waals surface area contributed by atoms with Gasteiger partial charge in [0, 0.05) is 12.1 Å². The Kier molecular flexibility index (Phi) is 6.76. The maximum atomic E-state index is 10.2. The van der Waals surface area contributed by atoms with Crippen LogP contribution >= 0.6 is 11.8 Å². The molecule has 2 atom stereocenters. The van der Waals surface area contributed by atoms with Crippen molar-refractivity contribution < 1.29 is 9.84 Å². The second-order valence-electron chi connectivity index (χ2n) is 8.64. The molecule has 2 aromatic carbocycles. The first-order valence-corrected chi connectivity index (χ1v) is 12.4. The van der Waals surface area contributed by atoms with Gasteiger partial charge in [0.1, 0.15) is 5.75 Å². The van der Waals surface area contributed by atoms with Gasteiger partial charge in [-0.2, -0.15) is 0 Å². The van der Waals surface area contributed by atoms with Gasteiger partial charge < -0.3 is 9.84 Å². The Labute approximate surface area is 185 Å². The quantitative estimate of drug-likeness (QED) is 0.535. The number of aliphatic hydroxyl groups is 1. The Balaban J connectivity index is 1.43. The molecule has 0 saturated carbocycles. The number of benzene rings is 2. The summed E-state index contributed by atoms with van der Waals surface area (Å²) >= 11 is 1.87. The van der Waals surface area contributed by atoms with E-state index in [0.717, 1.165) is 50.7 Å². The molecule has 1 fully saturated rings. The second kappa shape index (κ2) is 9.33. The molecule has 2 aliphatic heterocycles. The number of thioether (sulfide) groups is 1. The van der Waals surface area contributed by atoms with Crippen LogP contribution in [0.15, 0.2) is 47.4 Å². The minimum Gasteiger partial charge on any atom is -0.475 e. The Morgan fingerprint density at radius 2 is 1.77 bits per heavy atom. The fourth-order valence-electron chi connectivity index (χ4n) is 4.95. The molecular formula is C26H35NO2S. The van der Waals surface area contributed by atoms with Crippen LogP contribution in [0.25, 0.3) is 0 Å². The highest BCUT2D eigenvalue weighted by molar-refractivity contribution is 8.00. The minimum atomic E-state index is -0.108. The Morgan fingerprint density at radius 1 is 1.03 bits per heavy atom. The lowest BCUT2D eigenvalue weighted by Crippen LogP contribution is -2.32. The molecule has 0 spiro atoms. The molecule has 162 valence electrons. The lowest BCUT2D eigenvalue weighted by molar-refractivity contribution is 0.0596. The zero-order chi connectivity index (χ0) is 21.1. The lowest BCUT2D eigenvalue weighted by Gasteiger charge is -2.28. The average Bonchev–Trinajstić information content (AvgIpc) is 3.38. The van der Waals surface area contributed by atoms with Crippen LogP contribution < -0.4 is 4.74 Å². The van der Waals surface area contributed by atoms with Gasteiger partial charge in [0.2, 0.25) is 0 Å². The van der Waals surface area contributed by atoms with Gasteiger partial charge in [-0.05, 0) is 73.8 Å². The van der Waals surface area contributed by atoms with Crippen molar-refractivity contribution >= 4 is 11.8 Å². The molecule has 0 amide bonds. The molecule has 0 aliphatic carbocycles. The monoisotopic (exact) mass is 425 g/mol. The fraction of sp³-hybridized carbons (Fsp3) is 0.538. The highest BCUT2D eigenvalue weighted by atomic mass is 32.2. The summed E-state index contributed by atoms with van der Waals surface area (Å²) in [5.74, 6) is 1.02. The molecule has 2 aromatic rings. The van der Waals surface area contributed by atoms with Crippen molar-refractivity contribution in [2.24, 2.45) is 0 Å². The smallest absolute Gasteiger partial charge is 0.158 e. The summed E-state index contributed by atoms with van der Waals surface area (Å²) in [7, 11) is 0. The summed E-state index contributed by atoms with van der Waals surface area (Å²) in [6, 6.07) is 16.4. The zero-order valence-corrected chi connectivity index (χ0v) is 19.4. The number of ether oxygens (including phenoxy) is 1. The maximum Gasteiger partial charge on any atom is 0.158 e. The number of nitrogens with zero attached hydrogens (tertiary/aromatic N) is 1. The van der Waals surface area contributed by atoms with Crippen molar-refractivity contribution in [2.45, 2.75) is 87.6 Å². The summed E-state index contributed by atoms with van der Waals surface area (Å²) in [5.41, 5.74) is 4.11. The van der Waals surface area contributed by atoms with E-state index in [-0.39, 0.29) is 11.7 Å². The van der Waals surface area contributed by atoms with E-state index in [9.17, 15) is 5.11 Å². The molecule has 4 rings (SSSR count). The third-order valence-corrected chi connectivity index (χ3v) is 8.60. The van der Waals surface area contributed by atoms with Crippen molar-refractivity contribution in [3.63, 3.8) is 0 Å². The molecule has 2 heterocycles. The van der Waals surface area contributed by atoms with Crippen LogP contribution in [0.1, 0.15) is 75.6 Å². The van der Waals surface area contributed by atoms with Crippen LogP contribution in [-0.2, 0) is 12.8 Å². The lowest BCUT2D eigenvalue weighted by atomic mass is 10.0. The van der Waals surface area contributed by atoms with Gasteiger partial charge in [-0.15, -0.1) is 0 Å². The van der Waals surface area contributed by atoms with E-state index in [4.69, 9.17) is 4.74 Å². The van der Waals surface area contributed by atoms with Crippen LogP contribution in [0.2, 0.25) is 0 Å². The highest BCUT2D eigenvalue weighted by Crippen LogP contribution is 2.52. The van der Waals surface area contributed by atoms with E-state index in [0.29, 0.717) is 12.1 Å². The third-order valence-electron chi connectivity index (χ3n) is 7.03. The molecule has 1 saturated heterocycles. The fourth-order valence-corrected chi connectivity index (χ4v) is 6.18. The molecular weight excluding hydrogens is 390 g/mol. The standard InChI is InChI=1S/C26H35NO2S/c1-4-19-7-9-20(10-8-19)11-13-22-14-15-23(27(22)18-28)21-12-16-24-25(17-21)30-26(5-2,6-3)29-24/h7-10,12,16-17,22-23,28H,4-6,11,13-15,18H2,1-3H3. The van der Waals surface area contributed by atoms with Crippen LogP contribution in [-0.4, -0.2) is 27.7 Å². The van der Waals surface area contributed by atoms with Crippen LogP contribution in [0.4, 0.5) is 0 Å². The summed E-state index contributed by atoms with van der Waals surface area (Å²) < 4.78 is 6.29. The first-order valence-electron chi connectivity index (χ1n) is 11.6. The summed E-state index contributed by atoms with van der Waals surface area (Å²) in [6.45, 7) is 6.72. The average molecular weight is 426 g/mol. The summed E-state index contributed by atoms with van der Waals surface area (Å²) in [5, 5.41) is 10.2. The summed E-state index contributed by atoms with van der Waals surface area (Å²) in [4.78, 5) is 3.45. The normalized spacial score (nSPS) is 22.8. The van der Waals surface area contributed by atoms with E-state index in [2.05, 4.69) is 68.1 Å². The van der Waals surface area contributed by atoms with E-state index in [1.807, 2.05) is 11.8 Å². The highest BCUT2D eigenvalue weighted by Gasteiger charge is 2.39. The molecule has 0 aromatic heterocycles. The number of aryl methyl sites for hydroxylation is 2. The number of rotatable bonds is 8. The maximum absolute atomic E-state index is 10.2. The molecule has 4 heteroatoms. The van der Waals surface area contributed by atoms with Gasteiger partial charge in [0.05, 0.1) is 11.6 Å². The van der Waals surface area contributed by atoms with E-state index in [1.54, 1.807) is 0 Å². The number of aliphatic hydroxyl groups excluding tert-OH is 1. The number of fused-ring (bicyclic) bond motifs is 1. The number of hydrogen-bond acceptors (Lipinski definition) is 4. The largest absolute Gasteiger partial charge is 0.475 e. The molecule has 30 heavy (non-hydrogen) atoms. The van der Waals surface area contributed by atoms with E-state index in [1.165, 1.54) is 21.6 Å². The van der Waals surface area contributed by atoms with E-state index >= 15 is 0 Å². The third kappa shape index (κ3) is 4.28. The molecule has 2 aliphatic rings. The first kappa shape index (κ1) is 21.7. The molecule has 0 radical (unpaired) electrons. The van der Waals surface area contributed by atoms with Gasteiger partial charge in [0.15, 0.2) is 4.93 Å². The first-order chi connectivity index (χ1) is 14.6. The van der Waals surface area contributed by atoms with Crippen molar-refractivity contribution in [2.75, 3.05) is 6.73 Å². The minimum absolute atomic E-state index is 0.108. The SMILES string of the molecule is CCc1ccc(CCC2CCC(c3ccc4c(c3)SC(CC)(CC)O4)N2CO)cc1. The Bertz CT molecular complexity index is 847. The topological polar surface area (TPSA) is 32.7 Å². The van der Waals surface area contributed by atoms with Crippen LogP contribution in [0.3, 0.4) is 0 Å². The Hall–Kier alpha value is -1.49. The van der Waals surface area contributed by atoms with Gasteiger partial charge in [-0.1, -0.05) is 62.9 Å². The van der Waals surface area contributed by atoms with E-state index < -0.39 is 0 Å². The van der Waals surface area contributed by atoms with Gasteiger partial charge >= 0.3 is 0 Å². The van der Waals surface area contributed by atoms with Gasteiger partial charge in [-0.25, -0.2) is 0 Å². The van der Waals surface area contributed by atoms with Gasteiger partial charge in [-0.3, -0.25) is 4.90 Å². The van der Waals surface area contributed by atoms with Crippen molar-refractivity contribution in [1.82, 2.24) is 4.90 Å². The molecule has 0 bridgehead atoms. The Morgan fingerprint density at radius 3 is 2.43 bits per heavy atom. The molecule has 1 N–H and O–H groups in total. The summed E-state index contributed by atoms with van der Waals surface area (Å²) in [6.07, 6.45) is 7.52. The predicted molar refractivity (Wildman–Crippen MR) is 125 cm³/mol. The molecule has 2 unspecified atom stereocenters. The second-order valence-corrected chi connectivity index (χ2v) is 10.0. The van der Waals surface area contributed by atoms with Crippen molar-refractivity contribution in [1.29, 1.82) is 0 Å². The number of likely N-dealkylation sites (tertiary alicyclic amines) is 1. The number of hydrogen-bond donors (Lipinski definition) is 1. The zero-order valence-electron chi connectivity index (χ0n) is 18.6. The van der Waals surface area contributed by atoms with Crippen molar-refractivity contribution in [3.8, 4) is 5.75 Å². The van der Waals surface area contributed by atoms with Crippen LogP contribution in [0.5, 0.6) is 5.75 Å². The van der Waals surface area contributed by atoms with Gasteiger partial charge in [0.25, 0.3) is 0 Å². The predicted octanol–water partition coefficient (Wildman–Crippen LogP) is 6.34. The van der Waals surface area contributed by atoms with Crippen molar-refractivity contribution in [3.05, 3.63) is 59.2 Å².